The van der Waals surface area contributed by atoms with Gasteiger partial charge in [-0.1, -0.05) is 54.1 Å². The predicted octanol–water partition coefficient (Wildman–Crippen LogP) is 2.98. The van der Waals surface area contributed by atoms with Crippen molar-refractivity contribution in [1.29, 1.82) is 0 Å². The van der Waals surface area contributed by atoms with Crippen molar-refractivity contribution in [3.05, 3.63) is 70.7 Å². The van der Waals surface area contributed by atoms with Crippen LogP contribution in [0.15, 0.2) is 54.6 Å². The Bertz CT molecular complexity index is 789. The number of hydrogen-bond donors (Lipinski definition) is 1. The fraction of sp³-hybridized carbons (Fsp3) is 0.333. The van der Waals surface area contributed by atoms with Crippen LogP contribution in [0.5, 0.6) is 0 Å². The molecule has 0 radical (unpaired) electrons. The molecular weight excluding hydrogens is 362 g/mol. The van der Waals surface area contributed by atoms with E-state index in [2.05, 4.69) is 17.3 Å². The molecule has 2 aromatic rings. The van der Waals surface area contributed by atoms with Crippen molar-refractivity contribution in [2.24, 2.45) is 0 Å². The lowest BCUT2D eigenvalue weighted by molar-refractivity contribution is -0.133. The highest BCUT2D eigenvalue weighted by Crippen LogP contribution is 2.21. The Labute approximate surface area is 164 Å². The highest BCUT2D eigenvalue weighted by molar-refractivity contribution is 6.33. The minimum Gasteiger partial charge on any atom is -0.345 e. The first-order chi connectivity index (χ1) is 13.0. The maximum atomic E-state index is 12.8. The number of nitrogens with one attached hydrogen (secondary N) is 1. The standard InChI is InChI=1S/C21H24ClN3O2/c1-24-11-13-25(14-12-24)20(26)15-19(16-7-3-2-4-8-16)23-21(27)17-9-5-6-10-18(17)22/h2-10,19H,11-15H2,1H3,(H,23,27). The molecule has 0 bridgehead atoms. The summed E-state index contributed by atoms with van der Waals surface area (Å²) in [7, 11) is 2.05. The summed E-state index contributed by atoms with van der Waals surface area (Å²) in [5, 5.41) is 3.38. The second kappa shape index (κ2) is 9.02. The van der Waals surface area contributed by atoms with Crippen LogP contribution in [-0.4, -0.2) is 54.8 Å². The van der Waals surface area contributed by atoms with E-state index in [1.165, 1.54) is 0 Å². The second-order valence-corrected chi connectivity index (χ2v) is 7.21. The zero-order valence-electron chi connectivity index (χ0n) is 15.4. The van der Waals surface area contributed by atoms with Crippen molar-refractivity contribution < 1.29 is 9.59 Å². The highest BCUT2D eigenvalue weighted by Gasteiger charge is 2.25. The Kier molecular flexibility index (Phi) is 6.48. The average molecular weight is 386 g/mol. The van der Waals surface area contributed by atoms with Gasteiger partial charge in [0.25, 0.3) is 5.91 Å². The fourth-order valence-electron chi connectivity index (χ4n) is 3.18. The van der Waals surface area contributed by atoms with Gasteiger partial charge in [-0.3, -0.25) is 9.59 Å². The number of nitrogens with zero attached hydrogens (tertiary/aromatic N) is 2. The van der Waals surface area contributed by atoms with Crippen LogP contribution in [-0.2, 0) is 4.79 Å². The van der Waals surface area contributed by atoms with Gasteiger partial charge in [0, 0.05) is 26.2 Å². The lowest BCUT2D eigenvalue weighted by Gasteiger charge is -2.33. The topological polar surface area (TPSA) is 52.6 Å². The van der Waals surface area contributed by atoms with Crippen LogP contribution in [0.2, 0.25) is 5.02 Å². The highest BCUT2D eigenvalue weighted by atomic mass is 35.5. The van der Waals surface area contributed by atoms with Gasteiger partial charge in [-0.25, -0.2) is 0 Å². The minimum atomic E-state index is -0.401. The molecule has 1 aliphatic rings. The number of carbonyl (C=O) groups is 2. The largest absolute Gasteiger partial charge is 0.345 e. The molecule has 1 fully saturated rings. The maximum absolute atomic E-state index is 12.8. The smallest absolute Gasteiger partial charge is 0.253 e. The lowest BCUT2D eigenvalue weighted by atomic mass is 10.0. The normalized spacial score (nSPS) is 16.0. The van der Waals surface area contributed by atoms with E-state index in [0.717, 1.165) is 31.7 Å². The van der Waals surface area contributed by atoms with Gasteiger partial charge in [-0.15, -0.1) is 0 Å². The molecule has 27 heavy (non-hydrogen) atoms. The van der Waals surface area contributed by atoms with Crippen molar-refractivity contribution in [3.8, 4) is 0 Å². The van der Waals surface area contributed by atoms with E-state index in [1.807, 2.05) is 35.2 Å². The summed E-state index contributed by atoms with van der Waals surface area (Å²) in [5.74, 6) is -0.225. The molecule has 1 saturated heterocycles. The number of halogens is 1. The Hall–Kier alpha value is -2.37. The quantitative estimate of drug-likeness (QED) is 0.860. The number of hydrogen-bond acceptors (Lipinski definition) is 3. The summed E-state index contributed by atoms with van der Waals surface area (Å²) >= 11 is 6.15. The third-order valence-electron chi connectivity index (χ3n) is 4.86. The zero-order chi connectivity index (χ0) is 19.2. The number of carbonyl (C=O) groups excluding carboxylic acids is 2. The van der Waals surface area contributed by atoms with Gasteiger partial charge in [0.15, 0.2) is 0 Å². The first kappa shape index (κ1) is 19.4. The van der Waals surface area contributed by atoms with Crippen molar-refractivity contribution in [2.45, 2.75) is 12.5 Å². The van der Waals surface area contributed by atoms with Crippen molar-refractivity contribution in [1.82, 2.24) is 15.1 Å². The van der Waals surface area contributed by atoms with Gasteiger partial charge in [-0.05, 0) is 24.7 Å². The first-order valence-corrected chi connectivity index (χ1v) is 9.49. The number of likely N-dealkylation sites (N-methyl/N-ethyl adjacent to an activating group) is 1. The molecular formula is C21H24ClN3O2. The van der Waals surface area contributed by atoms with Gasteiger partial charge in [0.1, 0.15) is 0 Å². The van der Waals surface area contributed by atoms with Gasteiger partial charge in [-0.2, -0.15) is 0 Å². The van der Waals surface area contributed by atoms with E-state index in [0.29, 0.717) is 10.6 Å². The molecule has 0 aliphatic carbocycles. The minimum absolute atomic E-state index is 0.0522. The Morgan fingerprint density at radius 1 is 1.00 bits per heavy atom. The molecule has 1 N–H and O–H groups in total. The number of amides is 2. The van der Waals surface area contributed by atoms with Gasteiger partial charge in [0.2, 0.25) is 5.91 Å². The molecule has 2 aromatic carbocycles. The van der Waals surface area contributed by atoms with Gasteiger partial charge >= 0.3 is 0 Å². The summed E-state index contributed by atoms with van der Waals surface area (Å²) in [6.45, 7) is 3.17. The average Bonchev–Trinajstić information content (AvgIpc) is 2.69. The number of benzene rings is 2. The number of piperazine rings is 1. The molecule has 6 heteroatoms. The maximum Gasteiger partial charge on any atom is 0.253 e. The van der Waals surface area contributed by atoms with Crippen LogP contribution in [0, 0.1) is 0 Å². The molecule has 5 nitrogen and oxygen atoms in total. The van der Waals surface area contributed by atoms with Crippen LogP contribution in [0.4, 0.5) is 0 Å². The van der Waals surface area contributed by atoms with Crippen LogP contribution in [0.1, 0.15) is 28.4 Å². The predicted molar refractivity (Wildman–Crippen MR) is 107 cm³/mol. The lowest BCUT2D eigenvalue weighted by Crippen LogP contribution is -2.48. The van der Waals surface area contributed by atoms with Gasteiger partial charge in [0.05, 0.1) is 23.0 Å². The van der Waals surface area contributed by atoms with E-state index >= 15 is 0 Å². The summed E-state index contributed by atoms with van der Waals surface area (Å²) < 4.78 is 0. The molecule has 0 saturated carbocycles. The summed E-state index contributed by atoms with van der Waals surface area (Å²) in [4.78, 5) is 29.6. The van der Waals surface area contributed by atoms with Crippen molar-refractivity contribution >= 4 is 23.4 Å². The molecule has 2 amide bonds. The van der Waals surface area contributed by atoms with E-state index < -0.39 is 6.04 Å². The summed E-state index contributed by atoms with van der Waals surface area (Å²) in [6, 6.07) is 16.1. The molecule has 0 spiro atoms. The molecule has 3 rings (SSSR count). The zero-order valence-corrected chi connectivity index (χ0v) is 16.2. The van der Waals surface area contributed by atoms with E-state index in [9.17, 15) is 9.59 Å². The molecule has 0 aromatic heterocycles. The van der Waals surface area contributed by atoms with E-state index in [1.54, 1.807) is 24.3 Å². The van der Waals surface area contributed by atoms with Crippen molar-refractivity contribution in [3.63, 3.8) is 0 Å². The fourth-order valence-corrected chi connectivity index (χ4v) is 3.40. The van der Waals surface area contributed by atoms with Crippen LogP contribution in [0.3, 0.4) is 0 Å². The summed E-state index contributed by atoms with van der Waals surface area (Å²) in [6.07, 6.45) is 0.226. The van der Waals surface area contributed by atoms with Gasteiger partial charge < -0.3 is 15.1 Å². The van der Waals surface area contributed by atoms with Crippen LogP contribution in [0.25, 0.3) is 0 Å². The third kappa shape index (κ3) is 5.08. The van der Waals surface area contributed by atoms with Crippen LogP contribution >= 0.6 is 11.6 Å². The Balaban J connectivity index is 1.75. The Morgan fingerprint density at radius 3 is 2.30 bits per heavy atom. The van der Waals surface area contributed by atoms with Crippen molar-refractivity contribution in [2.75, 3.05) is 33.2 Å². The van der Waals surface area contributed by atoms with E-state index in [4.69, 9.17) is 11.6 Å². The van der Waals surface area contributed by atoms with E-state index in [-0.39, 0.29) is 18.2 Å². The van der Waals surface area contributed by atoms with Crippen LogP contribution < -0.4 is 5.32 Å². The summed E-state index contributed by atoms with van der Waals surface area (Å²) in [5.41, 5.74) is 1.31. The molecule has 1 aliphatic heterocycles. The SMILES string of the molecule is CN1CCN(C(=O)CC(NC(=O)c2ccccc2Cl)c2ccccc2)CC1. The monoisotopic (exact) mass is 385 g/mol. The third-order valence-corrected chi connectivity index (χ3v) is 5.19. The second-order valence-electron chi connectivity index (χ2n) is 6.80. The number of rotatable bonds is 5. The molecule has 1 atom stereocenters. The molecule has 142 valence electrons. The molecule has 1 heterocycles. The molecule has 1 unspecified atom stereocenters. The first-order valence-electron chi connectivity index (χ1n) is 9.11. The Morgan fingerprint density at radius 2 is 1.63 bits per heavy atom.